The number of aryl methyl sites for hydroxylation is 2. The van der Waals surface area contributed by atoms with Crippen LogP contribution in [0.2, 0.25) is 0 Å². The van der Waals surface area contributed by atoms with Gasteiger partial charge in [0.15, 0.2) is 11.5 Å². The van der Waals surface area contributed by atoms with Gasteiger partial charge in [-0.2, -0.15) is 0 Å². The molecule has 2 aromatic carbocycles. The molecule has 0 fully saturated rings. The number of fused-ring (bicyclic) bond motifs is 1. The first-order chi connectivity index (χ1) is 12.3. The summed E-state index contributed by atoms with van der Waals surface area (Å²) in [6.07, 6.45) is 2.05. The molecule has 0 aliphatic carbocycles. The number of aromatic nitrogens is 1. The lowest BCUT2D eigenvalue weighted by Gasteiger charge is -2.23. The van der Waals surface area contributed by atoms with Gasteiger partial charge in [0, 0.05) is 18.1 Å². The molecule has 0 aliphatic rings. The van der Waals surface area contributed by atoms with Gasteiger partial charge in [-0.05, 0) is 55.5 Å². The SMILES string of the molecule is [C-]#[N+]c1ccc(CC(=O)[C@@](C)(O)Cn2ccc3cc(C)ccc32)cc1C. The number of hydrogen-bond acceptors (Lipinski definition) is 2. The molecule has 4 heteroatoms. The summed E-state index contributed by atoms with van der Waals surface area (Å²) in [7, 11) is 0. The van der Waals surface area contributed by atoms with Crippen molar-refractivity contribution in [1.29, 1.82) is 0 Å². The van der Waals surface area contributed by atoms with Crippen LogP contribution in [0.25, 0.3) is 15.7 Å². The van der Waals surface area contributed by atoms with Gasteiger partial charge < -0.3 is 9.67 Å². The Morgan fingerprint density at radius 1 is 1.19 bits per heavy atom. The zero-order valence-electron chi connectivity index (χ0n) is 15.3. The number of carbonyl (C=O) groups is 1. The van der Waals surface area contributed by atoms with E-state index in [1.54, 1.807) is 19.1 Å². The summed E-state index contributed by atoms with van der Waals surface area (Å²) in [6, 6.07) is 13.5. The number of carbonyl (C=O) groups excluding carboxylic acids is 1. The van der Waals surface area contributed by atoms with E-state index in [2.05, 4.69) is 10.9 Å². The van der Waals surface area contributed by atoms with E-state index in [-0.39, 0.29) is 18.7 Å². The number of ketones is 1. The second-order valence-corrected chi connectivity index (χ2v) is 7.11. The van der Waals surface area contributed by atoms with Crippen LogP contribution in [0.15, 0.2) is 48.7 Å². The molecular formula is C22H22N2O2. The number of rotatable bonds is 5. The van der Waals surface area contributed by atoms with Crippen molar-refractivity contribution in [2.75, 3.05) is 0 Å². The molecule has 1 aromatic heterocycles. The number of Topliss-reactive ketones (excluding diaryl/α,β-unsaturated/α-hetero) is 1. The zero-order chi connectivity index (χ0) is 18.9. The number of aliphatic hydroxyl groups is 1. The first-order valence-corrected chi connectivity index (χ1v) is 8.58. The lowest BCUT2D eigenvalue weighted by atomic mass is 9.94. The van der Waals surface area contributed by atoms with E-state index in [4.69, 9.17) is 6.57 Å². The van der Waals surface area contributed by atoms with Crippen LogP contribution in [0.3, 0.4) is 0 Å². The van der Waals surface area contributed by atoms with E-state index < -0.39 is 5.60 Å². The van der Waals surface area contributed by atoms with E-state index in [1.165, 1.54) is 5.56 Å². The molecule has 0 saturated heterocycles. The van der Waals surface area contributed by atoms with E-state index in [9.17, 15) is 9.90 Å². The monoisotopic (exact) mass is 346 g/mol. The van der Waals surface area contributed by atoms with Crippen molar-refractivity contribution in [3.8, 4) is 0 Å². The first-order valence-electron chi connectivity index (χ1n) is 8.58. The summed E-state index contributed by atoms with van der Waals surface area (Å²) in [5.41, 5.74) is 2.95. The highest BCUT2D eigenvalue weighted by Crippen LogP contribution is 2.23. The summed E-state index contributed by atoms with van der Waals surface area (Å²) in [5.74, 6) is -0.235. The normalized spacial score (nSPS) is 13.3. The fourth-order valence-electron chi connectivity index (χ4n) is 3.21. The highest BCUT2D eigenvalue weighted by molar-refractivity contribution is 5.89. The molecule has 0 radical (unpaired) electrons. The van der Waals surface area contributed by atoms with Gasteiger partial charge in [-0.3, -0.25) is 4.79 Å². The molecule has 1 N–H and O–H groups in total. The van der Waals surface area contributed by atoms with Gasteiger partial charge in [0.05, 0.1) is 13.1 Å². The summed E-state index contributed by atoms with van der Waals surface area (Å²) in [5, 5.41) is 11.9. The zero-order valence-corrected chi connectivity index (χ0v) is 15.3. The highest BCUT2D eigenvalue weighted by Gasteiger charge is 2.30. The van der Waals surface area contributed by atoms with Crippen molar-refractivity contribution in [2.24, 2.45) is 0 Å². The summed E-state index contributed by atoms with van der Waals surface area (Å²) >= 11 is 0. The summed E-state index contributed by atoms with van der Waals surface area (Å²) in [4.78, 5) is 16.1. The second kappa shape index (κ2) is 6.78. The van der Waals surface area contributed by atoms with Crippen LogP contribution in [0.4, 0.5) is 5.69 Å². The van der Waals surface area contributed by atoms with Gasteiger partial charge in [-0.25, -0.2) is 4.85 Å². The molecule has 3 aromatic rings. The molecule has 26 heavy (non-hydrogen) atoms. The maximum Gasteiger partial charge on any atom is 0.190 e. The van der Waals surface area contributed by atoms with Crippen LogP contribution < -0.4 is 0 Å². The average molecular weight is 346 g/mol. The van der Waals surface area contributed by atoms with Gasteiger partial charge in [0.1, 0.15) is 5.60 Å². The van der Waals surface area contributed by atoms with E-state index in [1.807, 2.05) is 48.9 Å². The van der Waals surface area contributed by atoms with Crippen molar-refractivity contribution >= 4 is 22.4 Å². The molecule has 0 saturated carbocycles. The second-order valence-electron chi connectivity index (χ2n) is 7.11. The van der Waals surface area contributed by atoms with Gasteiger partial charge >= 0.3 is 0 Å². The lowest BCUT2D eigenvalue weighted by molar-refractivity contribution is -0.136. The Bertz CT molecular complexity index is 1020. The average Bonchev–Trinajstić information content (AvgIpc) is 2.96. The fourth-order valence-corrected chi connectivity index (χ4v) is 3.21. The Kier molecular flexibility index (Phi) is 4.67. The Labute approximate surface area is 153 Å². The molecule has 3 rings (SSSR count). The standard InChI is InChI=1S/C22H22N2O2/c1-15-5-8-20-18(11-15)9-10-24(20)14-22(3,26)21(25)13-17-6-7-19(23-4)16(2)12-17/h5-12,26H,13-14H2,1-3H3/t22-/m0/s1. The van der Waals surface area contributed by atoms with Crippen molar-refractivity contribution in [1.82, 2.24) is 4.57 Å². The van der Waals surface area contributed by atoms with Gasteiger partial charge in [-0.15, -0.1) is 0 Å². The van der Waals surface area contributed by atoms with Gasteiger partial charge in [0.2, 0.25) is 0 Å². The van der Waals surface area contributed by atoms with Crippen LogP contribution in [0.5, 0.6) is 0 Å². The lowest BCUT2D eigenvalue weighted by Crippen LogP contribution is -2.40. The first kappa shape index (κ1) is 17.9. The molecule has 0 spiro atoms. The third-order valence-corrected chi connectivity index (χ3v) is 4.75. The van der Waals surface area contributed by atoms with Crippen molar-refractivity contribution in [3.05, 3.63) is 76.8 Å². The number of nitrogens with zero attached hydrogens (tertiary/aromatic N) is 2. The minimum atomic E-state index is -1.47. The molecular weight excluding hydrogens is 324 g/mol. The Morgan fingerprint density at radius 3 is 2.65 bits per heavy atom. The van der Waals surface area contributed by atoms with Crippen LogP contribution in [0, 0.1) is 20.4 Å². The molecule has 0 unspecified atom stereocenters. The van der Waals surface area contributed by atoms with Crippen molar-refractivity contribution in [2.45, 2.75) is 39.3 Å². The van der Waals surface area contributed by atoms with Crippen molar-refractivity contribution in [3.63, 3.8) is 0 Å². The Morgan fingerprint density at radius 2 is 1.96 bits per heavy atom. The summed E-state index contributed by atoms with van der Waals surface area (Å²) in [6.45, 7) is 12.8. The van der Waals surface area contributed by atoms with Crippen LogP contribution in [-0.4, -0.2) is 21.1 Å². The smallest absolute Gasteiger partial charge is 0.190 e. The maximum absolute atomic E-state index is 12.7. The largest absolute Gasteiger partial charge is 0.380 e. The Balaban J connectivity index is 1.79. The Hall–Kier alpha value is -2.90. The van der Waals surface area contributed by atoms with Crippen LogP contribution in [-0.2, 0) is 17.8 Å². The van der Waals surface area contributed by atoms with Crippen LogP contribution >= 0.6 is 0 Å². The predicted molar refractivity (Wildman–Crippen MR) is 103 cm³/mol. The topological polar surface area (TPSA) is 46.6 Å². The van der Waals surface area contributed by atoms with Gasteiger partial charge in [0.25, 0.3) is 0 Å². The highest BCUT2D eigenvalue weighted by atomic mass is 16.3. The van der Waals surface area contributed by atoms with Gasteiger partial charge in [-0.1, -0.05) is 29.8 Å². The molecule has 4 nitrogen and oxygen atoms in total. The molecule has 1 atom stereocenters. The molecule has 132 valence electrons. The molecule has 0 aliphatic heterocycles. The molecule has 1 heterocycles. The van der Waals surface area contributed by atoms with Crippen LogP contribution in [0.1, 0.15) is 23.6 Å². The van der Waals surface area contributed by atoms with E-state index >= 15 is 0 Å². The maximum atomic E-state index is 12.7. The summed E-state index contributed by atoms with van der Waals surface area (Å²) < 4.78 is 1.92. The number of hydrogen-bond donors (Lipinski definition) is 1. The molecule has 0 bridgehead atoms. The number of benzene rings is 2. The van der Waals surface area contributed by atoms with E-state index in [0.717, 1.165) is 22.0 Å². The quantitative estimate of drug-likeness (QED) is 0.697. The van der Waals surface area contributed by atoms with E-state index in [0.29, 0.717) is 5.69 Å². The minimum absolute atomic E-state index is 0.143. The third kappa shape index (κ3) is 3.54. The predicted octanol–water partition coefficient (Wildman–Crippen LogP) is 4.37. The third-order valence-electron chi connectivity index (χ3n) is 4.75. The van der Waals surface area contributed by atoms with Crippen molar-refractivity contribution < 1.29 is 9.90 Å². The molecule has 0 amide bonds. The fraction of sp³-hybridized carbons (Fsp3) is 0.273. The minimum Gasteiger partial charge on any atom is -0.380 e.